The van der Waals surface area contributed by atoms with Crippen molar-refractivity contribution < 1.29 is 24.6 Å². The molecule has 0 saturated carbocycles. The number of carboxylic acid groups (broad SMARTS) is 2. The Morgan fingerprint density at radius 1 is 0.938 bits per heavy atom. The van der Waals surface area contributed by atoms with Gasteiger partial charge in [-0.3, -0.25) is 9.59 Å². The average molecular weight is 433 g/mol. The lowest BCUT2D eigenvalue weighted by molar-refractivity contribution is -0.141. The number of rotatable bonds is 9. The summed E-state index contributed by atoms with van der Waals surface area (Å²) in [6.45, 7) is 1.57. The summed E-state index contributed by atoms with van der Waals surface area (Å²) >= 11 is 0. The molecule has 0 spiro atoms. The molecule has 1 heterocycles. The summed E-state index contributed by atoms with van der Waals surface area (Å²) in [5, 5.41) is 21.1. The van der Waals surface area contributed by atoms with Gasteiger partial charge in [0.05, 0.1) is 5.92 Å². The molecule has 0 radical (unpaired) electrons. The number of carboxylic acids is 2. The molecule has 0 bridgehead atoms. The van der Waals surface area contributed by atoms with E-state index >= 15 is 0 Å². The average Bonchev–Trinajstić information content (AvgIpc) is 2.80. The molecule has 1 amide bonds. The van der Waals surface area contributed by atoms with E-state index in [1.165, 1.54) is 12.3 Å². The number of carbonyl (C=O) groups excluding carboxylic acids is 1. The highest BCUT2D eigenvalue weighted by molar-refractivity contribution is 5.92. The number of benzene rings is 2. The van der Waals surface area contributed by atoms with Crippen molar-refractivity contribution in [3.8, 4) is 11.1 Å². The Morgan fingerprint density at radius 3 is 2.22 bits per heavy atom. The molecule has 0 aliphatic carbocycles. The Morgan fingerprint density at radius 2 is 1.59 bits per heavy atom. The highest BCUT2D eigenvalue weighted by Crippen LogP contribution is 2.20. The molecular formula is C24H23N3O5. The molecule has 2 atom stereocenters. The Bertz CT molecular complexity index is 1100. The maximum absolute atomic E-state index is 12.6. The minimum atomic E-state index is -1.27. The van der Waals surface area contributed by atoms with Crippen molar-refractivity contribution in [2.24, 2.45) is 5.92 Å². The second kappa shape index (κ2) is 10.3. The van der Waals surface area contributed by atoms with E-state index in [1.807, 2.05) is 54.6 Å². The van der Waals surface area contributed by atoms with Crippen molar-refractivity contribution >= 4 is 17.8 Å². The SMILES string of the molecule is C[C@H](CC(Cc1ccc(-c2ccccc2)cc1)NC(=O)c1nccc(C(=O)O)n1)C(=O)O. The number of aromatic carboxylic acids is 1. The van der Waals surface area contributed by atoms with Crippen LogP contribution in [0.2, 0.25) is 0 Å². The third-order valence-electron chi connectivity index (χ3n) is 5.02. The predicted molar refractivity (Wildman–Crippen MR) is 117 cm³/mol. The fourth-order valence-electron chi connectivity index (χ4n) is 3.31. The van der Waals surface area contributed by atoms with Gasteiger partial charge in [-0.15, -0.1) is 0 Å². The van der Waals surface area contributed by atoms with Crippen LogP contribution < -0.4 is 5.32 Å². The van der Waals surface area contributed by atoms with E-state index < -0.39 is 29.8 Å². The van der Waals surface area contributed by atoms with Crippen LogP contribution in [0.5, 0.6) is 0 Å². The van der Waals surface area contributed by atoms with Gasteiger partial charge in [0, 0.05) is 12.2 Å². The van der Waals surface area contributed by atoms with Gasteiger partial charge < -0.3 is 15.5 Å². The van der Waals surface area contributed by atoms with Crippen LogP contribution in [0.3, 0.4) is 0 Å². The van der Waals surface area contributed by atoms with Crippen molar-refractivity contribution in [1.82, 2.24) is 15.3 Å². The Hall–Kier alpha value is -4.07. The number of aliphatic carboxylic acids is 1. The minimum absolute atomic E-state index is 0.195. The first-order chi connectivity index (χ1) is 15.3. The van der Waals surface area contributed by atoms with Crippen LogP contribution in [-0.2, 0) is 11.2 Å². The fraction of sp³-hybridized carbons (Fsp3) is 0.208. The first-order valence-corrected chi connectivity index (χ1v) is 10.1. The van der Waals surface area contributed by atoms with Crippen LogP contribution in [-0.4, -0.2) is 44.1 Å². The Kier molecular flexibility index (Phi) is 7.28. The monoisotopic (exact) mass is 433 g/mol. The van der Waals surface area contributed by atoms with Gasteiger partial charge in [-0.1, -0.05) is 61.5 Å². The second-order valence-electron chi connectivity index (χ2n) is 7.48. The largest absolute Gasteiger partial charge is 0.481 e. The molecule has 0 aliphatic heterocycles. The highest BCUT2D eigenvalue weighted by Gasteiger charge is 2.22. The predicted octanol–water partition coefficient (Wildman–Crippen LogP) is 3.29. The molecular weight excluding hydrogens is 410 g/mol. The molecule has 0 aliphatic rings. The molecule has 8 nitrogen and oxygen atoms in total. The zero-order chi connectivity index (χ0) is 23.1. The summed E-state index contributed by atoms with van der Waals surface area (Å²) < 4.78 is 0. The van der Waals surface area contributed by atoms with Gasteiger partial charge >= 0.3 is 11.9 Å². The lowest BCUT2D eigenvalue weighted by Crippen LogP contribution is -2.39. The number of nitrogens with zero attached hydrogens (tertiary/aromatic N) is 2. The van der Waals surface area contributed by atoms with Gasteiger partial charge in [-0.25, -0.2) is 14.8 Å². The molecule has 3 aromatic rings. The van der Waals surface area contributed by atoms with Crippen LogP contribution in [0, 0.1) is 5.92 Å². The molecule has 3 rings (SSSR count). The van der Waals surface area contributed by atoms with Gasteiger partial charge in [-0.05, 0) is 35.6 Å². The lowest BCUT2D eigenvalue weighted by atomic mass is 9.95. The van der Waals surface area contributed by atoms with Crippen LogP contribution in [0.1, 0.15) is 40.0 Å². The Labute approximate surface area is 185 Å². The Balaban J connectivity index is 1.77. The van der Waals surface area contributed by atoms with E-state index in [2.05, 4.69) is 15.3 Å². The quantitative estimate of drug-likeness (QED) is 0.472. The van der Waals surface area contributed by atoms with E-state index in [1.54, 1.807) is 6.92 Å². The first-order valence-electron chi connectivity index (χ1n) is 10.1. The number of hydrogen-bond acceptors (Lipinski definition) is 5. The van der Waals surface area contributed by atoms with Gasteiger partial charge in [0.2, 0.25) is 5.82 Å². The summed E-state index contributed by atoms with van der Waals surface area (Å²) in [5.41, 5.74) is 2.76. The van der Waals surface area contributed by atoms with E-state index in [0.29, 0.717) is 6.42 Å². The molecule has 2 aromatic carbocycles. The van der Waals surface area contributed by atoms with Crippen molar-refractivity contribution in [2.45, 2.75) is 25.8 Å². The summed E-state index contributed by atoms with van der Waals surface area (Å²) in [7, 11) is 0. The van der Waals surface area contributed by atoms with Gasteiger partial charge in [0.25, 0.3) is 5.91 Å². The first kappa shape index (κ1) is 22.6. The number of carbonyl (C=O) groups is 3. The molecule has 8 heteroatoms. The molecule has 1 aromatic heterocycles. The van der Waals surface area contributed by atoms with Crippen LogP contribution >= 0.6 is 0 Å². The third-order valence-corrected chi connectivity index (χ3v) is 5.02. The lowest BCUT2D eigenvalue weighted by Gasteiger charge is -2.21. The van der Waals surface area contributed by atoms with E-state index in [-0.39, 0.29) is 17.9 Å². The molecule has 3 N–H and O–H groups in total. The van der Waals surface area contributed by atoms with Gasteiger partial charge in [-0.2, -0.15) is 0 Å². The molecule has 164 valence electrons. The second-order valence-corrected chi connectivity index (χ2v) is 7.48. The topological polar surface area (TPSA) is 129 Å². The standard InChI is InChI=1S/C24H23N3O5/c1-15(23(29)30)13-19(26-22(28)21-25-12-11-20(27-21)24(31)32)14-16-7-9-18(10-8-16)17-5-3-2-4-6-17/h2-12,15,19H,13-14H2,1H3,(H,26,28)(H,29,30)(H,31,32)/t15-,19?/m1/s1. The smallest absolute Gasteiger partial charge is 0.354 e. The number of aromatic nitrogens is 2. The van der Waals surface area contributed by atoms with Crippen LogP contribution in [0.4, 0.5) is 0 Å². The molecule has 32 heavy (non-hydrogen) atoms. The zero-order valence-electron chi connectivity index (χ0n) is 17.4. The maximum atomic E-state index is 12.6. The van der Waals surface area contributed by atoms with E-state index in [0.717, 1.165) is 16.7 Å². The van der Waals surface area contributed by atoms with Crippen LogP contribution in [0.25, 0.3) is 11.1 Å². The zero-order valence-corrected chi connectivity index (χ0v) is 17.4. The summed E-state index contributed by atoms with van der Waals surface area (Å²) in [6.07, 6.45) is 1.79. The third kappa shape index (κ3) is 5.98. The molecule has 0 saturated heterocycles. The highest BCUT2D eigenvalue weighted by atomic mass is 16.4. The van der Waals surface area contributed by atoms with Crippen molar-refractivity contribution in [3.63, 3.8) is 0 Å². The fourth-order valence-corrected chi connectivity index (χ4v) is 3.31. The van der Waals surface area contributed by atoms with Crippen molar-refractivity contribution in [2.75, 3.05) is 0 Å². The van der Waals surface area contributed by atoms with Crippen LogP contribution in [0.15, 0.2) is 66.9 Å². The van der Waals surface area contributed by atoms with Crippen molar-refractivity contribution in [1.29, 1.82) is 0 Å². The van der Waals surface area contributed by atoms with E-state index in [4.69, 9.17) is 5.11 Å². The maximum Gasteiger partial charge on any atom is 0.354 e. The normalized spacial score (nSPS) is 12.5. The van der Waals surface area contributed by atoms with Gasteiger partial charge in [0.1, 0.15) is 0 Å². The van der Waals surface area contributed by atoms with Crippen molar-refractivity contribution in [3.05, 3.63) is 83.9 Å². The van der Waals surface area contributed by atoms with E-state index in [9.17, 15) is 19.5 Å². The number of hydrogen-bond donors (Lipinski definition) is 3. The summed E-state index contributed by atoms with van der Waals surface area (Å²) in [4.78, 5) is 42.7. The minimum Gasteiger partial charge on any atom is -0.481 e. The molecule has 1 unspecified atom stereocenters. The number of amides is 1. The number of nitrogens with one attached hydrogen (secondary N) is 1. The summed E-state index contributed by atoms with van der Waals surface area (Å²) in [6, 6.07) is 18.4. The van der Waals surface area contributed by atoms with Gasteiger partial charge in [0.15, 0.2) is 5.69 Å². The summed E-state index contributed by atoms with van der Waals surface area (Å²) in [5.74, 6) is -3.85. The molecule has 0 fully saturated rings.